The Morgan fingerprint density at radius 1 is 1.37 bits per heavy atom. The van der Waals surface area contributed by atoms with Crippen LogP contribution in [0.3, 0.4) is 0 Å². The van der Waals surface area contributed by atoms with Crippen molar-refractivity contribution in [2.24, 2.45) is 17.3 Å². The minimum absolute atomic E-state index is 0.466. The van der Waals surface area contributed by atoms with Gasteiger partial charge in [0.05, 0.1) is 0 Å². The Balaban J connectivity index is 1.57. The molecule has 3 heteroatoms. The summed E-state index contributed by atoms with van der Waals surface area (Å²) in [7, 11) is 0. The van der Waals surface area contributed by atoms with Crippen molar-refractivity contribution in [1.82, 2.24) is 10.6 Å². The van der Waals surface area contributed by atoms with Crippen molar-refractivity contribution in [2.75, 3.05) is 39.4 Å². The molecule has 2 fully saturated rings. The summed E-state index contributed by atoms with van der Waals surface area (Å²) >= 11 is 0. The molecule has 2 unspecified atom stereocenters. The van der Waals surface area contributed by atoms with Gasteiger partial charge in [0.2, 0.25) is 0 Å². The van der Waals surface area contributed by atoms with Crippen LogP contribution in [0.4, 0.5) is 0 Å². The van der Waals surface area contributed by atoms with Gasteiger partial charge in [-0.3, -0.25) is 0 Å². The fraction of sp³-hybridized carbons (Fsp3) is 1.00. The number of hydrogen-bond donors (Lipinski definition) is 2. The maximum absolute atomic E-state index is 5.45. The molecule has 0 aliphatic carbocycles. The van der Waals surface area contributed by atoms with Gasteiger partial charge in [0.15, 0.2) is 0 Å². The van der Waals surface area contributed by atoms with Gasteiger partial charge in [-0.1, -0.05) is 13.8 Å². The van der Waals surface area contributed by atoms with Crippen LogP contribution in [-0.2, 0) is 4.74 Å². The van der Waals surface area contributed by atoms with Gasteiger partial charge < -0.3 is 15.4 Å². The lowest BCUT2D eigenvalue weighted by Crippen LogP contribution is -2.38. The van der Waals surface area contributed by atoms with E-state index < -0.39 is 0 Å². The number of rotatable bonds is 6. The molecule has 0 bridgehead atoms. The molecule has 0 spiro atoms. The van der Waals surface area contributed by atoms with Crippen LogP contribution in [0.5, 0.6) is 0 Å². The first-order valence-electron chi connectivity index (χ1n) is 8.19. The van der Waals surface area contributed by atoms with E-state index in [1.807, 2.05) is 0 Å². The predicted molar refractivity (Wildman–Crippen MR) is 80.4 cm³/mol. The van der Waals surface area contributed by atoms with Crippen LogP contribution in [0.25, 0.3) is 0 Å². The van der Waals surface area contributed by atoms with E-state index in [0.717, 1.165) is 31.6 Å². The van der Waals surface area contributed by atoms with Crippen molar-refractivity contribution in [3.8, 4) is 0 Å². The highest BCUT2D eigenvalue weighted by Crippen LogP contribution is 2.28. The maximum atomic E-state index is 5.45. The molecule has 19 heavy (non-hydrogen) atoms. The first kappa shape index (κ1) is 15.3. The topological polar surface area (TPSA) is 33.3 Å². The molecule has 0 saturated carbocycles. The van der Waals surface area contributed by atoms with Gasteiger partial charge in [0, 0.05) is 19.8 Å². The fourth-order valence-electron chi connectivity index (χ4n) is 3.36. The first-order chi connectivity index (χ1) is 9.20. The smallest absolute Gasteiger partial charge is 0.0471 e. The van der Waals surface area contributed by atoms with Gasteiger partial charge in [0.1, 0.15) is 0 Å². The SMILES string of the molecule is CC(CCNCC1(C)CCOCC1)C1CCCNC1. The second kappa shape index (κ2) is 7.61. The van der Waals surface area contributed by atoms with Gasteiger partial charge in [-0.15, -0.1) is 0 Å². The normalized spacial score (nSPS) is 29.1. The Hall–Kier alpha value is -0.120. The zero-order valence-electron chi connectivity index (χ0n) is 12.8. The molecule has 0 aromatic carbocycles. The highest BCUT2D eigenvalue weighted by atomic mass is 16.5. The second-order valence-corrected chi connectivity index (χ2v) is 6.97. The fourth-order valence-corrected chi connectivity index (χ4v) is 3.36. The number of hydrogen-bond acceptors (Lipinski definition) is 3. The monoisotopic (exact) mass is 268 g/mol. The molecule has 2 saturated heterocycles. The summed E-state index contributed by atoms with van der Waals surface area (Å²) in [5, 5.41) is 7.22. The van der Waals surface area contributed by atoms with Gasteiger partial charge in [0.25, 0.3) is 0 Å². The molecule has 2 N–H and O–H groups in total. The molecule has 3 nitrogen and oxygen atoms in total. The lowest BCUT2D eigenvalue weighted by atomic mass is 9.82. The third kappa shape index (κ3) is 5.05. The van der Waals surface area contributed by atoms with E-state index in [4.69, 9.17) is 4.74 Å². The molecule has 2 aliphatic rings. The van der Waals surface area contributed by atoms with Crippen molar-refractivity contribution in [2.45, 2.75) is 46.0 Å². The summed E-state index contributed by atoms with van der Waals surface area (Å²) in [5.41, 5.74) is 0.466. The molecule has 2 aliphatic heterocycles. The Morgan fingerprint density at radius 2 is 2.16 bits per heavy atom. The molecule has 0 radical (unpaired) electrons. The molecule has 0 aromatic heterocycles. The van der Waals surface area contributed by atoms with Gasteiger partial charge >= 0.3 is 0 Å². The Bertz CT molecular complexity index is 245. The van der Waals surface area contributed by atoms with Crippen LogP contribution in [0, 0.1) is 17.3 Å². The Morgan fingerprint density at radius 3 is 2.84 bits per heavy atom. The zero-order valence-corrected chi connectivity index (χ0v) is 12.8. The second-order valence-electron chi connectivity index (χ2n) is 6.97. The van der Waals surface area contributed by atoms with Crippen LogP contribution in [0.15, 0.2) is 0 Å². The first-order valence-corrected chi connectivity index (χ1v) is 8.19. The van der Waals surface area contributed by atoms with E-state index >= 15 is 0 Å². The van der Waals surface area contributed by atoms with E-state index in [-0.39, 0.29) is 0 Å². The average molecular weight is 268 g/mol. The molecular weight excluding hydrogens is 236 g/mol. The summed E-state index contributed by atoms with van der Waals surface area (Å²) in [6.45, 7) is 11.5. The van der Waals surface area contributed by atoms with Crippen LogP contribution in [0.1, 0.15) is 46.0 Å². The summed E-state index contributed by atoms with van der Waals surface area (Å²) in [4.78, 5) is 0. The molecule has 2 heterocycles. The van der Waals surface area contributed by atoms with Gasteiger partial charge in [-0.05, 0) is 69.0 Å². The zero-order chi connectivity index (χ0) is 13.6. The van der Waals surface area contributed by atoms with Gasteiger partial charge in [-0.2, -0.15) is 0 Å². The van der Waals surface area contributed by atoms with Crippen molar-refractivity contribution < 1.29 is 4.74 Å². The molecular formula is C16H32N2O. The van der Waals surface area contributed by atoms with Crippen LogP contribution in [0.2, 0.25) is 0 Å². The lowest BCUT2D eigenvalue weighted by Gasteiger charge is -2.34. The standard InChI is InChI=1S/C16H32N2O/c1-14(15-4-3-8-17-12-15)5-9-18-13-16(2)6-10-19-11-7-16/h14-15,17-18H,3-13H2,1-2H3. The summed E-state index contributed by atoms with van der Waals surface area (Å²) in [5.74, 6) is 1.75. The molecule has 2 rings (SSSR count). The highest BCUT2D eigenvalue weighted by molar-refractivity contribution is 4.80. The number of piperidine rings is 1. The summed E-state index contributed by atoms with van der Waals surface area (Å²) in [6, 6.07) is 0. The minimum Gasteiger partial charge on any atom is -0.381 e. The molecule has 112 valence electrons. The van der Waals surface area contributed by atoms with Crippen molar-refractivity contribution in [3.05, 3.63) is 0 Å². The maximum Gasteiger partial charge on any atom is 0.0471 e. The lowest BCUT2D eigenvalue weighted by molar-refractivity contribution is 0.0240. The molecule has 2 atom stereocenters. The Labute approximate surface area is 118 Å². The Kier molecular flexibility index (Phi) is 6.11. The highest BCUT2D eigenvalue weighted by Gasteiger charge is 2.27. The quantitative estimate of drug-likeness (QED) is 0.726. The van der Waals surface area contributed by atoms with E-state index in [1.165, 1.54) is 51.7 Å². The minimum atomic E-state index is 0.466. The third-order valence-corrected chi connectivity index (χ3v) is 5.17. The number of ether oxygens (including phenoxy) is 1. The third-order valence-electron chi connectivity index (χ3n) is 5.17. The van der Waals surface area contributed by atoms with Gasteiger partial charge in [-0.25, -0.2) is 0 Å². The molecule has 0 amide bonds. The van der Waals surface area contributed by atoms with E-state index in [9.17, 15) is 0 Å². The summed E-state index contributed by atoms with van der Waals surface area (Å²) < 4.78 is 5.45. The van der Waals surface area contributed by atoms with E-state index in [2.05, 4.69) is 24.5 Å². The number of nitrogens with one attached hydrogen (secondary N) is 2. The van der Waals surface area contributed by atoms with Crippen LogP contribution in [-0.4, -0.2) is 39.4 Å². The van der Waals surface area contributed by atoms with E-state index in [1.54, 1.807) is 0 Å². The summed E-state index contributed by atoms with van der Waals surface area (Å²) in [6.07, 6.45) is 6.52. The largest absolute Gasteiger partial charge is 0.381 e. The van der Waals surface area contributed by atoms with Crippen molar-refractivity contribution >= 4 is 0 Å². The van der Waals surface area contributed by atoms with Crippen molar-refractivity contribution in [3.63, 3.8) is 0 Å². The average Bonchev–Trinajstić information content (AvgIpc) is 2.45. The predicted octanol–water partition coefficient (Wildman–Crippen LogP) is 2.42. The van der Waals surface area contributed by atoms with Crippen molar-refractivity contribution in [1.29, 1.82) is 0 Å². The molecule has 0 aromatic rings. The van der Waals surface area contributed by atoms with E-state index in [0.29, 0.717) is 5.41 Å². The van der Waals surface area contributed by atoms with Crippen LogP contribution < -0.4 is 10.6 Å². The van der Waals surface area contributed by atoms with Crippen LogP contribution >= 0.6 is 0 Å².